The van der Waals surface area contributed by atoms with E-state index in [2.05, 4.69) is 24.8 Å². The van der Waals surface area contributed by atoms with E-state index in [1.807, 2.05) is 0 Å². The van der Waals surface area contributed by atoms with Gasteiger partial charge in [0.15, 0.2) is 0 Å². The van der Waals surface area contributed by atoms with Crippen molar-refractivity contribution in [3.63, 3.8) is 0 Å². The average molecular weight is 224 g/mol. The second-order valence-electron chi connectivity index (χ2n) is 3.82. The summed E-state index contributed by atoms with van der Waals surface area (Å²) in [6.07, 6.45) is 3.37. The molecule has 0 amide bonds. The van der Waals surface area contributed by atoms with Crippen LogP contribution in [0.2, 0.25) is 0 Å². The molecular weight excluding hydrogens is 208 g/mol. The maximum absolute atomic E-state index is 10.9. The fourth-order valence-electron chi connectivity index (χ4n) is 1.85. The highest BCUT2D eigenvalue weighted by Crippen LogP contribution is 2.13. The van der Waals surface area contributed by atoms with E-state index in [4.69, 9.17) is 0 Å². The summed E-state index contributed by atoms with van der Waals surface area (Å²) in [7, 11) is 1.38. The van der Waals surface area contributed by atoms with Crippen LogP contribution in [0.1, 0.15) is 24.5 Å². The number of hydrogen-bond donors (Lipinski definition) is 1. The molecule has 1 aliphatic rings. The topological polar surface area (TPSA) is 69.0 Å². The SMILES string of the molecule is COC(=O)CNCc1nnc2n1CCCC2. The molecule has 0 fully saturated rings. The Morgan fingerprint density at radius 2 is 2.38 bits per heavy atom. The highest BCUT2D eigenvalue weighted by molar-refractivity contribution is 5.71. The predicted molar refractivity (Wildman–Crippen MR) is 56.7 cm³/mol. The zero-order valence-corrected chi connectivity index (χ0v) is 9.40. The summed E-state index contributed by atoms with van der Waals surface area (Å²) in [5, 5.41) is 11.2. The standard InChI is InChI=1S/C10H16N4O2/c1-16-10(15)7-11-6-9-13-12-8-4-2-3-5-14(8)9/h11H,2-7H2,1H3. The number of rotatable bonds is 4. The number of fused-ring (bicyclic) bond motifs is 1. The van der Waals surface area contributed by atoms with Crippen LogP contribution in [0.25, 0.3) is 0 Å². The molecule has 2 rings (SSSR count). The van der Waals surface area contributed by atoms with E-state index in [-0.39, 0.29) is 12.5 Å². The first-order valence-corrected chi connectivity index (χ1v) is 5.49. The molecule has 0 spiro atoms. The Kier molecular flexibility index (Phi) is 3.51. The van der Waals surface area contributed by atoms with Gasteiger partial charge in [0.25, 0.3) is 0 Å². The summed E-state index contributed by atoms with van der Waals surface area (Å²) in [6.45, 7) is 1.75. The zero-order chi connectivity index (χ0) is 11.4. The fraction of sp³-hybridized carbons (Fsp3) is 0.700. The summed E-state index contributed by atoms with van der Waals surface area (Å²) < 4.78 is 6.67. The fourth-order valence-corrected chi connectivity index (χ4v) is 1.85. The first kappa shape index (κ1) is 11.1. The van der Waals surface area contributed by atoms with Crippen molar-refractivity contribution in [2.24, 2.45) is 0 Å². The van der Waals surface area contributed by atoms with Crippen molar-refractivity contribution < 1.29 is 9.53 Å². The third-order valence-corrected chi connectivity index (χ3v) is 2.72. The molecule has 88 valence electrons. The molecule has 1 aromatic heterocycles. The Morgan fingerprint density at radius 3 is 3.19 bits per heavy atom. The summed E-state index contributed by atoms with van der Waals surface area (Å²) >= 11 is 0. The molecule has 6 nitrogen and oxygen atoms in total. The lowest BCUT2D eigenvalue weighted by molar-refractivity contribution is -0.139. The van der Waals surface area contributed by atoms with E-state index in [1.165, 1.54) is 20.0 Å². The van der Waals surface area contributed by atoms with Gasteiger partial charge in [0.1, 0.15) is 11.6 Å². The number of esters is 1. The van der Waals surface area contributed by atoms with Crippen LogP contribution in [0.3, 0.4) is 0 Å². The molecule has 0 unspecified atom stereocenters. The third kappa shape index (κ3) is 2.38. The molecule has 0 radical (unpaired) electrons. The molecule has 0 bridgehead atoms. The molecule has 1 aliphatic heterocycles. The van der Waals surface area contributed by atoms with Crippen molar-refractivity contribution in [1.82, 2.24) is 20.1 Å². The number of nitrogens with one attached hydrogen (secondary N) is 1. The Labute approximate surface area is 94.0 Å². The third-order valence-electron chi connectivity index (χ3n) is 2.72. The van der Waals surface area contributed by atoms with Crippen molar-refractivity contribution in [2.75, 3.05) is 13.7 Å². The summed E-state index contributed by atoms with van der Waals surface area (Å²) in [4.78, 5) is 10.9. The van der Waals surface area contributed by atoms with Crippen LogP contribution in [-0.2, 0) is 29.0 Å². The van der Waals surface area contributed by atoms with Crippen LogP contribution >= 0.6 is 0 Å². The normalized spacial score (nSPS) is 14.6. The van der Waals surface area contributed by atoms with Crippen LogP contribution < -0.4 is 5.32 Å². The largest absolute Gasteiger partial charge is 0.468 e. The Hall–Kier alpha value is -1.43. The van der Waals surface area contributed by atoms with Gasteiger partial charge in [-0.3, -0.25) is 10.1 Å². The van der Waals surface area contributed by atoms with Gasteiger partial charge in [0.05, 0.1) is 20.2 Å². The second-order valence-corrected chi connectivity index (χ2v) is 3.82. The van der Waals surface area contributed by atoms with Gasteiger partial charge in [0, 0.05) is 13.0 Å². The number of ether oxygens (including phenoxy) is 1. The van der Waals surface area contributed by atoms with E-state index in [0.29, 0.717) is 6.54 Å². The highest BCUT2D eigenvalue weighted by Gasteiger charge is 2.15. The molecule has 16 heavy (non-hydrogen) atoms. The van der Waals surface area contributed by atoms with Crippen LogP contribution in [0, 0.1) is 0 Å². The summed E-state index contributed by atoms with van der Waals surface area (Å²) in [6, 6.07) is 0. The minimum Gasteiger partial charge on any atom is -0.468 e. The van der Waals surface area contributed by atoms with Crippen molar-refractivity contribution >= 4 is 5.97 Å². The molecule has 0 aliphatic carbocycles. The molecule has 2 heterocycles. The monoisotopic (exact) mass is 224 g/mol. The first-order valence-electron chi connectivity index (χ1n) is 5.49. The number of carbonyl (C=O) groups excluding carboxylic acids is 1. The van der Waals surface area contributed by atoms with Crippen molar-refractivity contribution in [3.05, 3.63) is 11.6 Å². The molecule has 0 aromatic carbocycles. The number of aryl methyl sites for hydroxylation is 1. The Bertz CT molecular complexity index is 375. The van der Waals surface area contributed by atoms with Gasteiger partial charge in [-0.25, -0.2) is 0 Å². The van der Waals surface area contributed by atoms with Gasteiger partial charge in [-0.15, -0.1) is 10.2 Å². The second kappa shape index (κ2) is 5.07. The van der Waals surface area contributed by atoms with E-state index in [1.54, 1.807) is 0 Å². The van der Waals surface area contributed by atoms with Crippen LogP contribution in [0.4, 0.5) is 0 Å². The lowest BCUT2D eigenvalue weighted by Crippen LogP contribution is -2.25. The molecule has 0 saturated heterocycles. The Morgan fingerprint density at radius 1 is 1.50 bits per heavy atom. The Balaban J connectivity index is 1.89. The van der Waals surface area contributed by atoms with E-state index in [9.17, 15) is 4.79 Å². The van der Waals surface area contributed by atoms with Crippen LogP contribution in [-0.4, -0.2) is 34.4 Å². The van der Waals surface area contributed by atoms with Gasteiger partial charge in [-0.05, 0) is 12.8 Å². The maximum Gasteiger partial charge on any atom is 0.319 e. The summed E-state index contributed by atoms with van der Waals surface area (Å²) in [5.74, 6) is 1.69. The molecular formula is C10H16N4O2. The maximum atomic E-state index is 10.9. The lowest BCUT2D eigenvalue weighted by Gasteiger charge is -2.14. The smallest absolute Gasteiger partial charge is 0.319 e. The van der Waals surface area contributed by atoms with Gasteiger partial charge >= 0.3 is 5.97 Å². The number of methoxy groups -OCH3 is 1. The number of carbonyl (C=O) groups is 1. The summed E-state index contributed by atoms with van der Waals surface area (Å²) in [5.41, 5.74) is 0. The average Bonchev–Trinajstić information content (AvgIpc) is 2.73. The quantitative estimate of drug-likeness (QED) is 0.722. The van der Waals surface area contributed by atoms with E-state index >= 15 is 0 Å². The van der Waals surface area contributed by atoms with Crippen molar-refractivity contribution in [2.45, 2.75) is 32.4 Å². The van der Waals surface area contributed by atoms with Crippen molar-refractivity contribution in [3.8, 4) is 0 Å². The first-order chi connectivity index (χ1) is 7.81. The van der Waals surface area contributed by atoms with Gasteiger partial charge in [-0.2, -0.15) is 0 Å². The number of nitrogens with zero attached hydrogens (tertiary/aromatic N) is 3. The number of hydrogen-bond acceptors (Lipinski definition) is 5. The minimum absolute atomic E-state index is 0.207. The van der Waals surface area contributed by atoms with Gasteiger partial charge < -0.3 is 9.30 Å². The molecule has 6 heteroatoms. The van der Waals surface area contributed by atoms with Gasteiger partial charge in [0.2, 0.25) is 0 Å². The van der Waals surface area contributed by atoms with E-state index in [0.717, 1.165) is 24.6 Å². The molecule has 0 saturated carbocycles. The lowest BCUT2D eigenvalue weighted by atomic mass is 10.2. The molecule has 0 atom stereocenters. The van der Waals surface area contributed by atoms with Crippen molar-refractivity contribution in [1.29, 1.82) is 0 Å². The van der Waals surface area contributed by atoms with Crippen LogP contribution in [0.15, 0.2) is 0 Å². The van der Waals surface area contributed by atoms with E-state index < -0.39 is 0 Å². The predicted octanol–water partition coefficient (Wildman–Crippen LogP) is -0.123. The van der Waals surface area contributed by atoms with Gasteiger partial charge in [-0.1, -0.05) is 0 Å². The number of aromatic nitrogens is 3. The van der Waals surface area contributed by atoms with Crippen LogP contribution in [0.5, 0.6) is 0 Å². The highest BCUT2D eigenvalue weighted by atomic mass is 16.5. The minimum atomic E-state index is -0.265. The zero-order valence-electron chi connectivity index (χ0n) is 9.40. The molecule has 1 N–H and O–H groups in total. The molecule has 1 aromatic rings.